The van der Waals surface area contributed by atoms with Crippen molar-refractivity contribution in [2.24, 2.45) is 0 Å². The van der Waals surface area contributed by atoms with Crippen LogP contribution >= 0.6 is 11.6 Å². The molecule has 3 aromatic rings. The highest BCUT2D eigenvalue weighted by Crippen LogP contribution is 2.25. The van der Waals surface area contributed by atoms with Crippen LogP contribution in [-0.2, 0) is 16.6 Å². The quantitative estimate of drug-likeness (QED) is 0.694. The van der Waals surface area contributed by atoms with Gasteiger partial charge in [0.05, 0.1) is 33.3 Å². The molecule has 5 nitrogen and oxygen atoms in total. The molecule has 138 valence electrons. The standard InChI is InChI=1S/C16H13ClF3N3O2S/c1-9-13(21-5-4-14(9)25-8-16(18,19)20)7-26(24)15-22-11-3-2-10(17)6-12(11)23-15/h2-6H,7-8H2,1H3,(H,22,23). The second-order valence-corrected chi connectivity index (χ2v) is 7.28. The number of nitrogens with one attached hydrogen (secondary N) is 1. The summed E-state index contributed by atoms with van der Waals surface area (Å²) in [6.07, 6.45) is -3.11. The van der Waals surface area contributed by atoms with Gasteiger partial charge in [-0.15, -0.1) is 0 Å². The van der Waals surface area contributed by atoms with Crippen molar-refractivity contribution in [1.29, 1.82) is 0 Å². The molecule has 0 amide bonds. The van der Waals surface area contributed by atoms with Crippen molar-refractivity contribution in [3.63, 3.8) is 0 Å². The molecule has 0 spiro atoms. The Labute approximate surface area is 154 Å². The average molecular weight is 404 g/mol. The summed E-state index contributed by atoms with van der Waals surface area (Å²) in [7, 11) is -1.56. The summed E-state index contributed by atoms with van der Waals surface area (Å²) >= 11 is 5.91. The maximum absolute atomic E-state index is 12.6. The topological polar surface area (TPSA) is 67.9 Å². The van der Waals surface area contributed by atoms with Crippen molar-refractivity contribution in [2.75, 3.05) is 6.61 Å². The number of aromatic amines is 1. The molecular formula is C16H13ClF3N3O2S. The van der Waals surface area contributed by atoms with Crippen molar-refractivity contribution >= 4 is 33.4 Å². The highest BCUT2D eigenvalue weighted by atomic mass is 35.5. The fourth-order valence-electron chi connectivity index (χ4n) is 2.28. The van der Waals surface area contributed by atoms with Crippen LogP contribution in [0.15, 0.2) is 35.6 Å². The number of alkyl halides is 3. The van der Waals surface area contributed by atoms with Crippen LogP contribution in [0.1, 0.15) is 11.3 Å². The van der Waals surface area contributed by atoms with E-state index in [1.165, 1.54) is 12.3 Å². The summed E-state index contributed by atoms with van der Waals surface area (Å²) in [5.74, 6) is 0.0449. The van der Waals surface area contributed by atoms with Crippen molar-refractivity contribution in [3.05, 3.63) is 46.7 Å². The van der Waals surface area contributed by atoms with E-state index in [0.717, 1.165) is 0 Å². The van der Waals surface area contributed by atoms with E-state index >= 15 is 0 Å². The summed E-state index contributed by atoms with van der Waals surface area (Å²) < 4.78 is 54.3. The van der Waals surface area contributed by atoms with E-state index in [0.29, 0.717) is 27.3 Å². The summed E-state index contributed by atoms with van der Waals surface area (Å²) in [5.41, 5.74) is 2.04. The highest BCUT2D eigenvalue weighted by molar-refractivity contribution is 7.84. The van der Waals surface area contributed by atoms with Crippen molar-refractivity contribution < 1.29 is 22.1 Å². The van der Waals surface area contributed by atoms with E-state index < -0.39 is 23.6 Å². The summed E-state index contributed by atoms with van der Waals surface area (Å²) in [5, 5.41) is 0.760. The fourth-order valence-corrected chi connectivity index (χ4v) is 3.55. The third kappa shape index (κ3) is 4.34. The minimum absolute atomic E-state index is 0.0113. The number of halogens is 4. The molecule has 1 N–H and O–H groups in total. The first-order valence-electron chi connectivity index (χ1n) is 7.40. The Kier molecular flexibility index (Phi) is 5.19. The van der Waals surface area contributed by atoms with Gasteiger partial charge in [-0.25, -0.2) is 4.98 Å². The fraction of sp³-hybridized carbons (Fsp3) is 0.250. The lowest BCUT2D eigenvalue weighted by Gasteiger charge is -2.13. The smallest absolute Gasteiger partial charge is 0.422 e. The molecular weight excluding hydrogens is 391 g/mol. The molecule has 10 heteroatoms. The van der Waals surface area contributed by atoms with Crippen LogP contribution in [0.2, 0.25) is 5.02 Å². The van der Waals surface area contributed by atoms with Crippen LogP contribution < -0.4 is 4.74 Å². The van der Waals surface area contributed by atoms with Crippen LogP contribution in [0.4, 0.5) is 13.2 Å². The van der Waals surface area contributed by atoms with E-state index in [-0.39, 0.29) is 16.7 Å². The molecule has 1 unspecified atom stereocenters. The van der Waals surface area contributed by atoms with Crippen LogP contribution in [0.5, 0.6) is 5.75 Å². The zero-order chi connectivity index (χ0) is 18.9. The Morgan fingerprint density at radius 1 is 1.31 bits per heavy atom. The van der Waals surface area contributed by atoms with Gasteiger partial charge in [-0.05, 0) is 31.2 Å². The molecule has 2 heterocycles. The first-order chi connectivity index (χ1) is 12.2. The van der Waals surface area contributed by atoms with Gasteiger partial charge in [-0.2, -0.15) is 13.2 Å². The number of aromatic nitrogens is 3. The van der Waals surface area contributed by atoms with Crippen LogP contribution in [0.3, 0.4) is 0 Å². The van der Waals surface area contributed by atoms with Crippen LogP contribution in [-0.4, -0.2) is 31.9 Å². The number of hydrogen-bond acceptors (Lipinski definition) is 4. The first kappa shape index (κ1) is 18.7. The minimum Gasteiger partial charge on any atom is -0.484 e. The minimum atomic E-state index is -4.44. The lowest BCUT2D eigenvalue weighted by Crippen LogP contribution is -2.19. The van der Waals surface area contributed by atoms with Gasteiger partial charge in [-0.3, -0.25) is 9.19 Å². The number of rotatable bonds is 5. The molecule has 0 aliphatic rings. The van der Waals surface area contributed by atoms with Gasteiger partial charge in [0.15, 0.2) is 11.8 Å². The molecule has 0 aliphatic carbocycles. The summed E-state index contributed by atoms with van der Waals surface area (Å²) in [6.45, 7) is 0.175. The number of pyridine rings is 1. The maximum atomic E-state index is 12.6. The molecule has 26 heavy (non-hydrogen) atoms. The van der Waals surface area contributed by atoms with Gasteiger partial charge in [0.1, 0.15) is 5.75 Å². The van der Waals surface area contributed by atoms with Gasteiger partial charge < -0.3 is 9.72 Å². The van der Waals surface area contributed by atoms with E-state index in [1.807, 2.05) is 0 Å². The maximum Gasteiger partial charge on any atom is 0.422 e. The van der Waals surface area contributed by atoms with Gasteiger partial charge in [0.25, 0.3) is 0 Å². The molecule has 0 saturated carbocycles. The van der Waals surface area contributed by atoms with Gasteiger partial charge in [-0.1, -0.05) is 11.6 Å². The number of benzene rings is 1. The Bertz CT molecular complexity index is 975. The molecule has 1 aromatic carbocycles. The zero-order valence-corrected chi connectivity index (χ0v) is 15.0. The predicted molar refractivity (Wildman–Crippen MR) is 91.7 cm³/mol. The highest BCUT2D eigenvalue weighted by Gasteiger charge is 2.29. The Morgan fingerprint density at radius 2 is 2.08 bits per heavy atom. The van der Waals surface area contributed by atoms with Crippen molar-refractivity contribution in [2.45, 2.75) is 24.0 Å². The van der Waals surface area contributed by atoms with Gasteiger partial charge >= 0.3 is 6.18 Å². The Morgan fingerprint density at radius 3 is 2.81 bits per heavy atom. The van der Waals surface area contributed by atoms with Crippen LogP contribution in [0.25, 0.3) is 11.0 Å². The lowest BCUT2D eigenvalue weighted by molar-refractivity contribution is -0.153. The van der Waals surface area contributed by atoms with E-state index in [9.17, 15) is 17.4 Å². The van der Waals surface area contributed by atoms with E-state index in [2.05, 4.69) is 15.0 Å². The normalized spacial score (nSPS) is 13.1. The molecule has 2 aromatic heterocycles. The number of H-pyrrole nitrogens is 1. The third-order valence-electron chi connectivity index (χ3n) is 3.56. The van der Waals surface area contributed by atoms with Gasteiger partial charge in [0, 0.05) is 16.8 Å². The van der Waals surface area contributed by atoms with Crippen LogP contribution in [0, 0.1) is 6.92 Å². The van der Waals surface area contributed by atoms with E-state index in [4.69, 9.17) is 16.3 Å². The first-order valence-corrected chi connectivity index (χ1v) is 9.10. The Hall–Kier alpha value is -2.13. The predicted octanol–water partition coefficient (Wildman–Crippen LogP) is 4.17. The number of imidazole rings is 1. The monoisotopic (exact) mass is 403 g/mol. The molecule has 0 saturated heterocycles. The molecule has 0 radical (unpaired) electrons. The zero-order valence-electron chi connectivity index (χ0n) is 13.4. The molecule has 0 fully saturated rings. The van der Waals surface area contributed by atoms with E-state index in [1.54, 1.807) is 25.1 Å². The molecule has 0 bridgehead atoms. The Balaban J connectivity index is 1.80. The average Bonchev–Trinajstić information content (AvgIpc) is 2.98. The number of ether oxygens (including phenoxy) is 1. The SMILES string of the molecule is Cc1c(OCC(F)(F)F)ccnc1CS(=O)c1nc2ccc(Cl)cc2[nH]1. The lowest BCUT2D eigenvalue weighted by atomic mass is 10.2. The molecule has 0 aliphatic heterocycles. The third-order valence-corrected chi connectivity index (χ3v) is 4.95. The molecule has 1 atom stereocenters. The summed E-state index contributed by atoms with van der Waals surface area (Å²) in [6, 6.07) is 6.38. The van der Waals surface area contributed by atoms with Gasteiger partial charge in [0.2, 0.25) is 0 Å². The van der Waals surface area contributed by atoms with Crippen molar-refractivity contribution in [3.8, 4) is 5.75 Å². The second kappa shape index (κ2) is 7.24. The second-order valence-electron chi connectivity index (χ2n) is 5.48. The largest absolute Gasteiger partial charge is 0.484 e. The molecule has 3 rings (SSSR count). The summed E-state index contributed by atoms with van der Waals surface area (Å²) in [4.78, 5) is 11.3. The number of fused-ring (bicyclic) bond motifs is 1. The number of hydrogen-bond donors (Lipinski definition) is 1. The van der Waals surface area contributed by atoms with Crippen molar-refractivity contribution in [1.82, 2.24) is 15.0 Å². The number of nitrogens with zero attached hydrogens (tertiary/aromatic N) is 2.